The van der Waals surface area contributed by atoms with E-state index >= 15 is 0 Å². The summed E-state index contributed by atoms with van der Waals surface area (Å²) in [4.78, 5) is 11.7. The number of aliphatic hydroxyl groups is 1. The molecular weight excluding hydrogens is 515 g/mol. The SMILES string of the molecule is COCCC(=O)NCc1ccc(NC[C@@](O)(c2cc(Cl)c(Cl)c(Cl)c2)C(F)(F)F)cc1Cl. The van der Waals surface area contributed by atoms with Crippen LogP contribution in [0.4, 0.5) is 18.9 Å². The van der Waals surface area contributed by atoms with Crippen LogP contribution >= 0.6 is 46.4 Å². The number of carbonyl (C=O) groups is 1. The van der Waals surface area contributed by atoms with Crippen LogP contribution in [0.15, 0.2) is 30.3 Å². The first-order valence-corrected chi connectivity index (χ1v) is 10.6. The number of nitrogens with one attached hydrogen (secondary N) is 2. The molecule has 0 heterocycles. The number of rotatable bonds is 9. The first-order valence-electron chi connectivity index (χ1n) is 9.11. The zero-order valence-electron chi connectivity index (χ0n) is 16.6. The molecule has 1 amide bonds. The van der Waals surface area contributed by atoms with Crippen molar-refractivity contribution in [3.8, 4) is 0 Å². The summed E-state index contributed by atoms with van der Waals surface area (Å²) in [5, 5.41) is 15.4. The fraction of sp³-hybridized carbons (Fsp3) is 0.350. The molecular formula is C20H19Cl4F3N2O3. The predicted octanol–water partition coefficient (Wildman–Crippen LogP) is 5.81. The van der Waals surface area contributed by atoms with E-state index in [4.69, 9.17) is 51.1 Å². The van der Waals surface area contributed by atoms with E-state index in [-0.39, 0.29) is 51.3 Å². The Morgan fingerprint density at radius 1 is 1.06 bits per heavy atom. The molecule has 0 bridgehead atoms. The molecule has 0 aromatic heterocycles. The highest BCUT2D eigenvalue weighted by Gasteiger charge is 2.55. The minimum Gasteiger partial charge on any atom is -0.384 e. The Hall–Kier alpha value is -1.42. The molecule has 1 atom stereocenters. The van der Waals surface area contributed by atoms with Gasteiger partial charge >= 0.3 is 6.18 Å². The van der Waals surface area contributed by atoms with Crippen molar-refractivity contribution in [1.29, 1.82) is 0 Å². The maximum Gasteiger partial charge on any atom is 0.423 e. The third kappa shape index (κ3) is 6.56. The van der Waals surface area contributed by atoms with E-state index in [1.807, 2.05) is 0 Å². The highest BCUT2D eigenvalue weighted by atomic mass is 35.5. The number of amides is 1. The summed E-state index contributed by atoms with van der Waals surface area (Å²) in [7, 11) is 1.48. The Morgan fingerprint density at radius 2 is 1.69 bits per heavy atom. The highest BCUT2D eigenvalue weighted by molar-refractivity contribution is 6.48. The number of carbonyl (C=O) groups excluding carboxylic acids is 1. The number of hydrogen-bond donors (Lipinski definition) is 3. The molecule has 0 aliphatic heterocycles. The molecule has 0 radical (unpaired) electrons. The molecule has 0 aliphatic carbocycles. The topological polar surface area (TPSA) is 70.6 Å². The van der Waals surface area contributed by atoms with E-state index in [0.29, 0.717) is 5.56 Å². The van der Waals surface area contributed by atoms with Gasteiger partial charge in [0.2, 0.25) is 11.5 Å². The van der Waals surface area contributed by atoms with Crippen molar-refractivity contribution in [3.05, 3.63) is 61.5 Å². The van der Waals surface area contributed by atoms with Gasteiger partial charge in [-0.25, -0.2) is 0 Å². The van der Waals surface area contributed by atoms with Crippen molar-refractivity contribution in [2.75, 3.05) is 25.6 Å². The zero-order valence-corrected chi connectivity index (χ0v) is 19.6. The summed E-state index contributed by atoms with van der Waals surface area (Å²) in [6, 6.07) is 6.22. The molecule has 2 rings (SSSR count). The minimum atomic E-state index is -5.06. The van der Waals surface area contributed by atoms with Gasteiger partial charge in [-0.05, 0) is 35.4 Å². The summed E-state index contributed by atoms with van der Waals surface area (Å²) in [5.41, 5.74) is -3.10. The molecule has 3 N–H and O–H groups in total. The van der Waals surface area contributed by atoms with Crippen molar-refractivity contribution < 1.29 is 27.8 Å². The van der Waals surface area contributed by atoms with Crippen molar-refractivity contribution in [3.63, 3.8) is 0 Å². The number of ether oxygens (including phenoxy) is 1. The molecule has 5 nitrogen and oxygen atoms in total. The third-order valence-corrected chi connectivity index (χ3v) is 6.09. The summed E-state index contributed by atoms with van der Waals surface area (Å²) in [6.45, 7) is -0.543. The second-order valence-electron chi connectivity index (χ2n) is 6.79. The van der Waals surface area contributed by atoms with Crippen molar-refractivity contribution in [2.45, 2.75) is 24.7 Å². The molecule has 176 valence electrons. The number of hydrogen-bond acceptors (Lipinski definition) is 4. The van der Waals surface area contributed by atoms with Crippen LogP contribution < -0.4 is 10.6 Å². The van der Waals surface area contributed by atoms with Crippen molar-refractivity contribution >= 4 is 58.0 Å². The van der Waals surface area contributed by atoms with Gasteiger partial charge in [0.25, 0.3) is 0 Å². The van der Waals surface area contributed by atoms with Crippen LogP contribution in [-0.4, -0.2) is 37.5 Å². The quantitative estimate of drug-likeness (QED) is 0.355. The van der Waals surface area contributed by atoms with Crippen LogP contribution in [0.5, 0.6) is 0 Å². The number of halogens is 7. The van der Waals surface area contributed by atoms with Gasteiger partial charge in [-0.1, -0.05) is 52.5 Å². The molecule has 0 unspecified atom stereocenters. The highest BCUT2D eigenvalue weighted by Crippen LogP contribution is 2.43. The number of methoxy groups -OCH3 is 1. The van der Waals surface area contributed by atoms with Crippen LogP contribution in [0.2, 0.25) is 20.1 Å². The van der Waals surface area contributed by atoms with Crippen LogP contribution in [0.25, 0.3) is 0 Å². The van der Waals surface area contributed by atoms with Gasteiger partial charge in [0, 0.05) is 30.8 Å². The van der Waals surface area contributed by atoms with Crippen LogP contribution in [0.1, 0.15) is 17.5 Å². The van der Waals surface area contributed by atoms with E-state index in [1.165, 1.54) is 19.2 Å². The van der Waals surface area contributed by atoms with Gasteiger partial charge in [0.15, 0.2) is 0 Å². The number of alkyl halides is 3. The van der Waals surface area contributed by atoms with E-state index in [9.17, 15) is 23.1 Å². The Labute approximate surface area is 202 Å². The largest absolute Gasteiger partial charge is 0.423 e. The normalized spacial score (nSPS) is 13.5. The summed E-state index contributed by atoms with van der Waals surface area (Å²) in [6.07, 6.45) is -4.88. The fourth-order valence-electron chi connectivity index (χ4n) is 2.67. The minimum absolute atomic E-state index is 0.119. The molecule has 0 saturated heterocycles. The monoisotopic (exact) mass is 532 g/mol. The standard InChI is InChI=1S/C20H19Cl4F3N2O3/c1-32-5-4-17(30)28-9-11-2-3-13(8-14(11)21)29-10-19(31,20(25,26)27)12-6-15(22)18(24)16(23)7-12/h2-3,6-8,29,31H,4-5,9-10H2,1H3,(H,28,30)/t19-/m1/s1. The number of anilines is 1. The molecule has 0 aliphatic rings. The summed E-state index contributed by atoms with van der Waals surface area (Å²) < 4.78 is 46.2. The average Bonchev–Trinajstić information content (AvgIpc) is 2.72. The van der Waals surface area contributed by atoms with Gasteiger partial charge in [0.1, 0.15) is 0 Å². The van der Waals surface area contributed by atoms with E-state index in [0.717, 1.165) is 12.1 Å². The second-order valence-corrected chi connectivity index (χ2v) is 8.39. The Bertz CT molecular complexity index is 953. The maximum absolute atomic E-state index is 13.8. The average molecular weight is 534 g/mol. The predicted molar refractivity (Wildman–Crippen MR) is 120 cm³/mol. The molecule has 0 saturated carbocycles. The summed E-state index contributed by atoms with van der Waals surface area (Å²) in [5.74, 6) is -0.236. The Kier molecular flexibility index (Phi) is 9.34. The Morgan fingerprint density at radius 3 is 2.22 bits per heavy atom. The van der Waals surface area contributed by atoms with Gasteiger partial charge in [0.05, 0.1) is 28.2 Å². The first-order chi connectivity index (χ1) is 14.9. The molecule has 12 heteroatoms. The third-order valence-electron chi connectivity index (χ3n) is 4.54. The molecule has 0 fully saturated rings. The van der Waals surface area contributed by atoms with Crippen LogP contribution in [0, 0.1) is 0 Å². The number of benzene rings is 2. The van der Waals surface area contributed by atoms with Crippen LogP contribution in [-0.2, 0) is 21.7 Å². The van der Waals surface area contributed by atoms with Gasteiger partial charge in [-0.3, -0.25) is 4.79 Å². The Balaban J connectivity index is 2.17. The lowest BCUT2D eigenvalue weighted by atomic mass is 9.92. The van der Waals surface area contributed by atoms with Crippen LogP contribution in [0.3, 0.4) is 0 Å². The van der Waals surface area contributed by atoms with E-state index in [2.05, 4.69) is 10.6 Å². The smallest absolute Gasteiger partial charge is 0.384 e. The van der Waals surface area contributed by atoms with E-state index < -0.39 is 23.9 Å². The summed E-state index contributed by atoms with van der Waals surface area (Å²) >= 11 is 23.7. The lowest BCUT2D eigenvalue weighted by Gasteiger charge is -2.32. The lowest BCUT2D eigenvalue weighted by Crippen LogP contribution is -2.47. The maximum atomic E-state index is 13.8. The zero-order chi connectivity index (χ0) is 24.1. The molecule has 2 aromatic carbocycles. The molecule has 2 aromatic rings. The van der Waals surface area contributed by atoms with Crippen molar-refractivity contribution in [2.24, 2.45) is 0 Å². The van der Waals surface area contributed by atoms with E-state index in [1.54, 1.807) is 6.07 Å². The fourth-order valence-corrected chi connectivity index (χ4v) is 3.51. The molecule has 32 heavy (non-hydrogen) atoms. The van der Waals surface area contributed by atoms with Gasteiger partial charge < -0.3 is 20.5 Å². The first kappa shape index (κ1) is 26.8. The second kappa shape index (κ2) is 11.1. The van der Waals surface area contributed by atoms with Gasteiger partial charge in [-0.2, -0.15) is 13.2 Å². The lowest BCUT2D eigenvalue weighted by molar-refractivity contribution is -0.260. The molecule has 0 spiro atoms. The van der Waals surface area contributed by atoms with Crippen molar-refractivity contribution in [1.82, 2.24) is 5.32 Å². The van der Waals surface area contributed by atoms with Gasteiger partial charge in [-0.15, -0.1) is 0 Å².